The van der Waals surface area contributed by atoms with E-state index in [0.717, 1.165) is 41.2 Å². The molecule has 4 rings (SSSR count). The van der Waals surface area contributed by atoms with Crippen LogP contribution < -0.4 is 20.5 Å². The summed E-state index contributed by atoms with van der Waals surface area (Å²) in [6.45, 7) is 4.61. The Morgan fingerprint density at radius 1 is 1.30 bits per heavy atom. The SMILES string of the molecule is C[C@@H]1Cc2cc(NC(=O)Cn3ncc(N4CCOCC4)cc3=O)ccc2O1. The van der Waals surface area contributed by atoms with Crippen LogP contribution >= 0.6 is 0 Å². The Balaban J connectivity index is 1.41. The van der Waals surface area contributed by atoms with Gasteiger partial charge in [-0.1, -0.05) is 0 Å². The van der Waals surface area contributed by atoms with E-state index in [0.29, 0.717) is 18.9 Å². The Labute approximate surface area is 156 Å². The highest BCUT2D eigenvalue weighted by atomic mass is 16.5. The smallest absolute Gasteiger partial charge is 0.269 e. The summed E-state index contributed by atoms with van der Waals surface area (Å²) in [4.78, 5) is 26.7. The van der Waals surface area contributed by atoms with Gasteiger partial charge in [-0.05, 0) is 30.7 Å². The molecule has 142 valence electrons. The van der Waals surface area contributed by atoms with Crippen molar-refractivity contribution in [3.05, 3.63) is 46.4 Å². The molecule has 1 aromatic heterocycles. The third-order valence-electron chi connectivity index (χ3n) is 4.70. The molecule has 0 aliphatic carbocycles. The molecule has 1 atom stereocenters. The molecule has 1 saturated heterocycles. The zero-order valence-corrected chi connectivity index (χ0v) is 15.2. The number of anilines is 2. The molecule has 8 nitrogen and oxygen atoms in total. The van der Waals surface area contributed by atoms with Crippen LogP contribution in [0.2, 0.25) is 0 Å². The molecule has 0 saturated carbocycles. The molecular weight excluding hydrogens is 348 g/mol. The van der Waals surface area contributed by atoms with Crippen molar-refractivity contribution in [1.29, 1.82) is 0 Å². The molecule has 1 fully saturated rings. The van der Waals surface area contributed by atoms with Crippen molar-refractivity contribution in [2.24, 2.45) is 0 Å². The summed E-state index contributed by atoms with van der Waals surface area (Å²) < 4.78 is 12.1. The zero-order chi connectivity index (χ0) is 18.8. The molecule has 1 aromatic carbocycles. The minimum Gasteiger partial charge on any atom is -0.490 e. The fourth-order valence-electron chi connectivity index (χ4n) is 3.37. The molecule has 8 heteroatoms. The molecule has 27 heavy (non-hydrogen) atoms. The predicted molar refractivity (Wildman–Crippen MR) is 100 cm³/mol. The Kier molecular flexibility index (Phi) is 4.81. The predicted octanol–water partition coefficient (Wildman–Crippen LogP) is 1.04. The van der Waals surface area contributed by atoms with Gasteiger partial charge in [0, 0.05) is 31.3 Å². The number of nitrogens with zero attached hydrogens (tertiary/aromatic N) is 3. The van der Waals surface area contributed by atoms with Gasteiger partial charge in [-0.3, -0.25) is 9.59 Å². The standard InChI is InChI=1S/C19H22N4O4/c1-13-8-14-9-15(2-3-17(14)27-13)21-18(24)12-23-19(25)10-16(11-20-23)22-4-6-26-7-5-22/h2-3,9-11,13H,4-8,12H2,1H3,(H,21,24)/t13-/m1/s1. The molecule has 0 bridgehead atoms. The van der Waals surface area contributed by atoms with Crippen molar-refractivity contribution in [3.63, 3.8) is 0 Å². The number of hydrogen-bond acceptors (Lipinski definition) is 6. The number of benzene rings is 1. The highest BCUT2D eigenvalue weighted by Gasteiger charge is 2.19. The zero-order valence-electron chi connectivity index (χ0n) is 15.2. The number of hydrogen-bond donors (Lipinski definition) is 1. The molecule has 2 aliphatic rings. The first-order valence-electron chi connectivity index (χ1n) is 9.08. The number of morpholine rings is 1. The minimum atomic E-state index is -0.301. The van der Waals surface area contributed by atoms with Crippen molar-refractivity contribution >= 4 is 17.3 Å². The normalized spacial score (nSPS) is 18.7. The van der Waals surface area contributed by atoms with E-state index in [9.17, 15) is 9.59 Å². The van der Waals surface area contributed by atoms with E-state index in [-0.39, 0.29) is 24.1 Å². The van der Waals surface area contributed by atoms with Gasteiger partial charge in [-0.2, -0.15) is 5.10 Å². The highest BCUT2D eigenvalue weighted by Crippen LogP contribution is 2.30. The summed E-state index contributed by atoms with van der Waals surface area (Å²) in [5, 5.41) is 6.96. The first kappa shape index (κ1) is 17.5. The van der Waals surface area contributed by atoms with E-state index in [4.69, 9.17) is 9.47 Å². The lowest BCUT2D eigenvalue weighted by molar-refractivity contribution is -0.117. The largest absolute Gasteiger partial charge is 0.490 e. The summed E-state index contributed by atoms with van der Waals surface area (Å²) in [5.41, 5.74) is 2.22. The maximum absolute atomic E-state index is 12.3. The summed E-state index contributed by atoms with van der Waals surface area (Å²) >= 11 is 0. The van der Waals surface area contributed by atoms with Gasteiger partial charge in [0.25, 0.3) is 5.56 Å². The third kappa shape index (κ3) is 3.95. The van der Waals surface area contributed by atoms with Gasteiger partial charge in [-0.25, -0.2) is 4.68 Å². The molecule has 1 amide bonds. The van der Waals surface area contributed by atoms with Crippen LogP contribution in [0.4, 0.5) is 11.4 Å². The van der Waals surface area contributed by atoms with Gasteiger partial charge in [0.1, 0.15) is 18.4 Å². The van der Waals surface area contributed by atoms with E-state index in [2.05, 4.69) is 15.3 Å². The lowest BCUT2D eigenvalue weighted by atomic mass is 10.1. The molecule has 2 aromatic rings. The number of fused-ring (bicyclic) bond motifs is 1. The summed E-state index contributed by atoms with van der Waals surface area (Å²) in [6.07, 6.45) is 2.59. The van der Waals surface area contributed by atoms with Crippen LogP contribution in [0.15, 0.2) is 35.3 Å². The van der Waals surface area contributed by atoms with Crippen LogP contribution in [0.5, 0.6) is 5.75 Å². The van der Waals surface area contributed by atoms with Gasteiger partial charge in [0.05, 0.1) is 25.1 Å². The molecule has 3 heterocycles. The summed E-state index contributed by atoms with van der Waals surface area (Å²) in [5.74, 6) is 0.563. The second-order valence-electron chi connectivity index (χ2n) is 6.81. The Bertz CT molecular complexity index is 905. The van der Waals surface area contributed by atoms with Crippen LogP contribution in [0.1, 0.15) is 12.5 Å². The lowest BCUT2D eigenvalue weighted by Gasteiger charge is -2.28. The average Bonchev–Trinajstić information content (AvgIpc) is 3.03. The molecular formula is C19H22N4O4. The van der Waals surface area contributed by atoms with Gasteiger partial charge in [0.2, 0.25) is 5.91 Å². The van der Waals surface area contributed by atoms with E-state index in [1.165, 1.54) is 6.07 Å². The second-order valence-corrected chi connectivity index (χ2v) is 6.81. The number of carbonyl (C=O) groups excluding carboxylic acids is 1. The Hall–Kier alpha value is -2.87. The number of ether oxygens (including phenoxy) is 2. The Morgan fingerprint density at radius 2 is 2.11 bits per heavy atom. The highest BCUT2D eigenvalue weighted by molar-refractivity contribution is 5.90. The summed E-state index contributed by atoms with van der Waals surface area (Å²) in [7, 11) is 0. The van der Waals surface area contributed by atoms with Gasteiger partial charge >= 0.3 is 0 Å². The molecule has 1 N–H and O–H groups in total. The first-order valence-corrected chi connectivity index (χ1v) is 9.08. The maximum Gasteiger partial charge on any atom is 0.269 e. The fraction of sp³-hybridized carbons (Fsp3) is 0.421. The van der Waals surface area contributed by atoms with Gasteiger partial charge in [-0.15, -0.1) is 0 Å². The van der Waals surface area contributed by atoms with Crippen molar-refractivity contribution in [3.8, 4) is 5.75 Å². The van der Waals surface area contributed by atoms with Crippen molar-refractivity contribution in [1.82, 2.24) is 9.78 Å². The van der Waals surface area contributed by atoms with E-state index < -0.39 is 0 Å². The van der Waals surface area contributed by atoms with Crippen LogP contribution in [0, 0.1) is 0 Å². The van der Waals surface area contributed by atoms with Gasteiger partial charge < -0.3 is 19.7 Å². The van der Waals surface area contributed by atoms with E-state index in [1.54, 1.807) is 12.3 Å². The lowest BCUT2D eigenvalue weighted by Crippen LogP contribution is -2.38. The third-order valence-corrected chi connectivity index (χ3v) is 4.70. The number of amides is 1. The van der Waals surface area contributed by atoms with Crippen molar-refractivity contribution < 1.29 is 14.3 Å². The van der Waals surface area contributed by atoms with E-state index in [1.807, 2.05) is 19.1 Å². The first-order chi connectivity index (χ1) is 13.1. The fourth-order valence-corrected chi connectivity index (χ4v) is 3.37. The maximum atomic E-state index is 12.3. The molecule has 2 aliphatic heterocycles. The van der Waals surface area contributed by atoms with Crippen molar-refractivity contribution in [2.75, 3.05) is 36.5 Å². The number of nitrogens with one attached hydrogen (secondary N) is 1. The average molecular weight is 370 g/mol. The topological polar surface area (TPSA) is 85.7 Å². The second kappa shape index (κ2) is 7.40. The molecule has 0 spiro atoms. The monoisotopic (exact) mass is 370 g/mol. The summed E-state index contributed by atoms with van der Waals surface area (Å²) in [6, 6.07) is 7.08. The number of carbonyl (C=O) groups is 1. The van der Waals surface area contributed by atoms with Crippen molar-refractivity contribution in [2.45, 2.75) is 26.0 Å². The Morgan fingerprint density at radius 3 is 2.89 bits per heavy atom. The van der Waals surface area contributed by atoms with Crippen LogP contribution in [0.25, 0.3) is 0 Å². The number of rotatable bonds is 4. The van der Waals surface area contributed by atoms with Crippen LogP contribution in [-0.4, -0.2) is 48.1 Å². The number of aromatic nitrogens is 2. The minimum absolute atomic E-state index is 0.133. The van der Waals surface area contributed by atoms with E-state index >= 15 is 0 Å². The van der Waals surface area contributed by atoms with Crippen LogP contribution in [0.3, 0.4) is 0 Å². The molecule has 0 radical (unpaired) electrons. The van der Waals surface area contributed by atoms with Gasteiger partial charge in [0.15, 0.2) is 0 Å². The quantitative estimate of drug-likeness (QED) is 0.866. The molecule has 0 unspecified atom stereocenters. The van der Waals surface area contributed by atoms with Crippen LogP contribution in [-0.2, 0) is 22.5 Å².